The van der Waals surface area contributed by atoms with Crippen LogP contribution >= 0.6 is 0 Å². The number of H-pyrrole nitrogens is 1. The van der Waals surface area contributed by atoms with Crippen LogP contribution in [0.5, 0.6) is 0 Å². The predicted molar refractivity (Wildman–Crippen MR) is 75.9 cm³/mol. The molecule has 18 heavy (non-hydrogen) atoms. The second-order valence-corrected chi connectivity index (χ2v) is 5.22. The van der Waals surface area contributed by atoms with Gasteiger partial charge in [-0.1, -0.05) is 49.4 Å². The van der Waals surface area contributed by atoms with Crippen molar-refractivity contribution < 1.29 is 0 Å². The van der Waals surface area contributed by atoms with Gasteiger partial charge in [-0.25, -0.2) is 0 Å². The first-order valence-corrected chi connectivity index (χ1v) is 6.53. The van der Waals surface area contributed by atoms with E-state index < -0.39 is 0 Å². The lowest BCUT2D eigenvalue weighted by atomic mass is 9.82. The van der Waals surface area contributed by atoms with Gasteiger partial charge in [0.05, 0.1) is 5.69 Å². The van der Waals surface area contributed by atoms with Crippen molar-refractivity contribution in [1.29, 1.82) is 0 Å². The lowest BCUT2D eigenvalue weighted by Gasteiger charge is -2.22. The molecule has 0 bridgehead atoms. The SMILES string of the molecule is CC1Cc2ccccc2-c2[nH]c3ccccc3c21. The molecule has 1 nitrogen and oxygen atoms in total. The molecule has 0 saturated heterocycles. The molecule has 0 spiro atoms. The number of benzene rings is 2. The number of aromatic amines is 1. The summed E-state index contributed by atoms with van der Waals surface area (Å²) < 4.78 is 0. The van der Waals surface area contributed by atoms with E-state index in [1.54, 1.807) is 0 Å². The number of aromatic nitrogens is 1. The molecular formula is C17H15N. The third-order valence-electron chi connectivity index (χ3n) is 4.05. The molecule has 1 heterocycles. The number of rotatable bonds is 0. The zero-order valence-electron chi connectivity index (χ0n) is 10.4. The Bertz CT molecular complexity index is 736. The van der Waals surface area contributed by atoms with Crippen LogP contribution in [0.4, 0.5) is 0 Å². The fourth-order valence-electron chi connectivity index (χ4n) is 3.26. The van der Waals surface area contributed by atoms with E-state index in [1.807, 2.05) is 0 Å². The van der Waals surface area contributed by atoms with Crippen molar-refractivity contribution in [3.05, 3.63) is 59.7 Å². The van der Waals surface area contributed by atoms with Gasteiger partial charge < -0.3 is 4.98 Å². The summed E-state index contributed by atoms with van der Waals surface area (Å²) in [5.41, 5.74) is 6.91. The Morgan fingerprint density at radius 1 is 1.00 bits per heavy atom. The van der Waals surface area contributed by atoms with Crippen LogP contribution in [0, 0.1) is 0 Å². The Hall–Kier alpha value is -2.02. The average molecular weight is 233 g/mol. The van der Waals surface area contributed by atoms with Crippen molar-refractivity contribution in [2.45, 2.75) is 19.3 Å². The van der Waals surface area contributed by atoms with Gasteiger partial charge in [0, 0.05) is 16.5 Å². The van der Waals surface area contributed by atoms with E-state index in [-0.39, 0.29) is 0 Å². The Morgan fingerprint density at radius 2 is 1.78 bits per heavy atom. The van der Waals surface area contributed by atoms with E-state index in [0.29, 0.717) is 5.92 Å². The van der Waals surface area contributed by atoms with Gasteiger partial charge in [0.1, 0.15) is 0 Å². The summed E-state index contributed by atoms with van der Waals surface area (Å²) in [6, 6.07) is 17.4. The maximum absolute atomic E-state index is 3.60. The standard InChI is InChI=1S/C17H15N/c1-11-10-12-6-2-3-7-13(12)17-16(11)14-8-4-5-9-15(14)18-17/h2-9,11,18H,10H2,1H3. The third-order valence-corrected chi connectivity index (χ3v) is 4.05. The lowest BCUT2D eigenvalue weighted by molar-refractivity contribution is 0.755. The first-order chi connectivity index (χ1) is 8.84. The smallest absolute Gasteiger partial charge is 0.0503 e. The molecule has 0 saturated carbocycles. The van der Waals surface area contributed by atoms with Gasteiger partial charge in [-0.3, -0.25) is 0 Å². The maximum Gasteiger partial charge on any atom is 0.0503 e. The average Bonchev–Trinajstić information content (AvgIpc) is 2.79. The van der Waals surface area contributed by atoms with Gasteiger partial charge in [0.25, 0.3) is 0 Å². The number of fused-ring (bicyclic) bond motifs is 5. The molecule has 4 rings (SSSR count). The summed E-state index contributed by atoms with van der Waals surface area (Å²) >= 11 is 0. The molecule has 1 aliphatic rings. The molecule has 1 unspecified atom stereocenters. The normalized spacial score (nSPS) is 17.5. The van der Waals surface area contributed by atoms with E-state index in [9.17, 15) is 0 Å². The van der Waals surface area contributed by atoms with Crippen molar-refractivity contribution in [2.24, 2.45) is 0 Å². The van der Waals surface area contributed by atoms with Crippen LogP contribution in [-0.4, -0.2) is 4.98 Å². The van der Waals surface area contributed by atoms with Gasteiger partial charge in [-0.05, 0) is 29.5 Å². The summed E-state index contributed by atoms with van der Waals surface area (Å²) in [5.74, 6) is 0.589. The topological polar surface area (TPSA) is 15.8 Å². The minimum absolute atomic E-state index is 0.589. The van der Waals surface area contributed by atoms with Crippen LogP contribution in [0.3, 0.4) is 0 Å². The molecule has 1 N–H and O–H groups in total. The minimum atomic E-state index is 0.589. The highest BCUT2D eigenvalue weighted by molar-refractivity contribution is 5.92. The molecule has 0 fully saturated rings. The molecule has 2 aromatic carbocycles. The van der Waals surface area contributed by atoms with Crippen LogP contribution in [0.15, 0.2) is 48.5 Å². The fourth-order valence-corrected chi connectivity index (χ4v) is 3.26. The van der Waals surface area contributed by atoms with E-state index in [0.717, 1.165) is 6.42 Å². The molecule has 1 aliphatic carbocycles. The van der Waals surface area contributed by atoms with Gasteiger partial charge in [0.15, 0.2) is 0 Å². The highest BCUT2D eigenvalue weighted by Gasteiger charge is 2.25. The van der Waals surface area contributed by atoms with Gasteiger partial charge in [0.2, 0.25) is 0 Å². The largest absolute Gasteiger partial charge is 0.354 e. The van der Waals surface area contributed by atoms with Crippen LogP contribution < -0.4 is 0 Å². The zero-order valence-corrected chi connectivity index (χ0v) is 10.4. The molecule has 3 aromatic rings. The predicted octanol–water partition coefficient (Wildman–Crippen LogP) is 4.49. The van der Waals surface area contributed by atoms with E-state index in [1.165, 1.54) is 33.3 Å². The Kier molecular flexibility index (Phi) is 1.93. The molecular weight excluding hydrogens is 218 g/mol. The van der Waals surface area contributed by atoms with Crippen molar-refractivity contribution in [3.8, 4) is 11.3 Å². The first kappa shape index (κ1) is 9.95. The Labute approximate surface area is 106 Å². The van der Waals surface area contributed by atoms with Crippen molar-refractivity contribution in [1.82, 2.24) is 4.98 Å². The number of hydrogen-bond acceptors (Lipinski definition) is 0. The molecule has 1 heteroatoms. The first-order valence-electron chi connectivity index (χ1n) is 6.53. The van der Waals surface area contributed by atoms with E-state index in [2.05, 4.69) is 60.4 Å². The van der Waals surface area contributed by atoms with Crippen LogP contribution in [0.2, 0.25) is 0 Å². The summed E-state index contributed by atoms with van der Waals surface area (Å²) in [6.07, 6.45) is 1.14. The monoisotopic (exact) mass is 233 g/mol. The lowest BCUT2D eigenvalue weighted by Crippen LogP contribution is -2.07. The van der Waals surface area contributed by atoms with E-state index in [4.69, 9.17) is 0 Å². The minimum Gasteiger partial charge on any atom is -0.354 e. The summed E-state index contributed by atoms with van der Waals surface area (Å²) in [4.78, 5) is 3.60. The van der Waals surface area contributed by atoms with Crippen molar-refractivity contribution in [3.63, 3.8) is 0 Å². The third kappa shape index (κ3) is 1.22. The van der Waals surface area contributed by atoms with Gasteiger partial charge in [-0.15, -0.1) is 0 Å². The molecule has 88 valence electrons. The Balaban J connectivity index is 2.12. The number of nitrogens with one attached hydrogen (secondary N) is 1. The van der Waals surface area contributed by atoms with Crippen LogP contribution in [0.25, 0.3) is 22.2 Å². The van der Waals surface area contributed by atoms with Gasteiger partial charge in [-0.2, -0.15) is 0 Å². The quantitative estimate of drug-likeness (QED) is 0.588. The molecule has 0 aliphatic heterocycles. The molecule has 0 amide bonds. The molecule has 0 radical (unpaired) electrons. The number of hydrogen-bond donors (Lipinski definition) is 1. The van der Waals surface area contributed by atoms with E-state index >= 15 is 0 Å². The zero-order chi connectivity index (χ0) is 12.1. The van der Waals surface area contributed by atoms with Crippen LogP contribution in [-0.2, 0) is 6.42 Å². The van der Waals surface area contributed by atoms with Crippen molar-refractivity contribution >= 4 is 10.9 Å². The summed E-state index contributed by atoms with van der Waals surface area (Å²) in [6.45, 7) is 2.33. The summed E-state index contributed by atoms with van der Waals surface area (Å²) in [7, 11) is 0. The van der Waals surface area contributed by atoms with Crippen molar-refractivity contribution in [2.75, 3.05) is 0 Å². The van der Waals surface area contributed by atoms with Gasteiger partial charge >= 0.3 is 0 Å². The second-order valence-electron chi connectivity index (χ2n) is 5.22. The highest BCUT2D eigenvalue weighted by atomic mass is 14.7. The maximum atomic E-state index is 3.60. The molecule has 1 atom stereocenters. The fraction of sp³-hybridized carbons (Fsp3) is 0.176. The summed E-state index contributed by atoms with van der Waals surface area (Å²) in [5, 5.41) is 1.38. The highest BCUT2D eigenvalue weighted by Crippen LogP contribution is 2.42. The van der Waals surface area contributed by atoms with Crippen LogP contribution in [0.1, 0.15) is 24.0 Å². The number of para-hydroxylation sites is 1. The Morgan fingerprint density at radius 3 is 2.72 bits per heavy atom. The molecule has 1 aromatic heterocycles. The second kappa shape index (κ2) is 3.49.